The Morgan fingerprint density at radius 2 is 1.94 bits per heavy atom. The van der Waals surface area contributed by atoms with Crippen molar-refractivity contribution in [1.29, 1.82) is 0 Å². The first-order valence-corrected chi connectivity index (χ1v) is 6.97. The molecule has 1 heterocycles. The van der Waals surface area contributed by atoms with E-state index in [2.05, 4.69) is 15.9 Å². The molecule has 0 aliphatic heterocycles. The minimum Gasteiger partial charge on any atom is -0.383 e. The third-order valence-corrected chi connectivity index (χ3v) is 4.96. The van der Waals surface area contributed by atoms with E-state index in [-0.39, 0.29) is 10.6 Å². The van der Waals surface area contributed by atoms with Crippen LogP contribution in [-0.4, -0.2) is 5.11 Å². The lowest BCUT2D eigenvalue weighted by molar-refractivity contribution is 0.218. The molecule has 2 rings (SSSR count). The van der Waals surface area contributed by atoms with Gasteiger partial charge in [-0.2, -0.15) is 0 Å². The summed E-state index contributed by atoms with van der Waals surface area (Å²) in [6.07, 6.45) is -1.20. The molecule has 0 aliphatic carbocycles. The molecule has 0 amide bonds. The van der Waals surface area contributed by atoms with E-state index < -0.39 is 17.7 Å². The molecule has 0 fully saturated rings. The van der Waals surface area contributed by atoms with Crippen LogP contribution in [0.3, 0.4) is 0 Å². The number of aryl methyl sites for hydroxylation is 1. The van der Waals surface area contributed by atoms with E-state index in [0.717, 1.165) is 21.5 Å². The number of thiophene rings is 1. The molecule has 1 nitrogen and oxygen atoms in total. The molecule has 6 heteroatoms. The largest absolute Gasteiger partial charge is 0.383 e. The quantitative estimate of drug-likeness (QED) is 0.767. The van der Waals surface area contributed by atoms with Crippen LogP contribution < -0.4 is 0 Å². The highest BCUT2D eigenvalue weighted by molar-refractivity contribution is 9.11. The Morgan fingerprint density at radius 3 is 2.50 bits per heavy atom. The molecule has 18 heavy (non-hydrogen) atoms. The fraction of sp³-hybridized carbons (Fsp3) is 0.167. The van der Waals surface area contributed by atoms with Crippen molar-refractivity contribution in [2.24, 2.45) is 0 Å². The molecule has 1 N–H and O–H groups in total. The van der Waals surface area contributed by atoms with Crippen molar-refractivity contribution in [3.8, 4) is 0 Å². The average Bonchev–Trinajstić information content (AvgIpc) is 2.63. The smallest absolute Gasteiger partial charge is 0.142 e. The normalized spacial score (nSPS) is 12.8. The fourth-order valence-electron chi connectivity index (χ4n) is 1.52. The average molecular weight is 354 g/mol. The van der Waals surface area contributed by atoms with Crippen molar-refractivity contribution in [2.75, 3.05) is 0 Å². The van der Waals surface area contributed by atoms with Gasteiger partial charge in [-0.15, -0.1) is 11.3 Å². The third kappa shape index (κ3) is 2.59. The van der Waals surface area contributed by atoms with Crippen molar-refractivity contribution in [1.82, 2.24) is 0 Å². The Morgan fingerprint density at radius 1 is 1.28 bits per heavy atom. The molecule has 2 aromatic rings. The Bertz CT molecular complexity index is 581. The second kappa shape index (κ2) is 5.25. The second-order valence-corrected chi connectivity index (χ2v) is 6.60. The van der Waals surface area contributed by atoms with Crippen LogP contribution >= 0.6 is 38.9 Å². The van der Waals surface area contributed by atoms with Crippen LogP contribution in [0.15, 0.2) is 22.0 Å². The van der Waals surface area contributed by atoms with Gasteiger partial charge in [0.1, 0.15) is 17.7 Å². The predicted molar refractivity (Wildman–Crippen MR) is 72.2 cm³/mol. The van der Waals surface area contributed by atoms with Gasteiger partial charge in [0.25, 0.3) is 0 Å². The van der Waals surface area contributed by atoms with Crippen molar-refractivity contribution < 1.29 is 13.9 Å². The molecule has 96 valence electrons. The van der Waals surface area contributed by atoms with E-state index in [1.165, 1.54) is 11.3 Å². The molecule has 0 aliphatic rings. The van der Waals surface area contributed by atoms with Crippen molar-refractivity contribution in [3.63, 3.8) is 0 Å². The van der Waals surface area contributed by atoms with Gasteiger partial charge in [-0.1, -0.05) is 11.6 Å². The van der Waals surface area contributed by atoms with Gasteiger partial charge >= 0.3 is 0 Å². The van der Waals surface area contributed by atoms with Crippen LogP contribution in [0.1, 0.15) is 22.1 Å². The topological polar surface area (TPSA) is 20.2 Å². The van der Waals surface area contributed by atoms with Crippen LogP contribution in [0.2, 0.25) is 5.02 Å². The number of rotatable bonds is 2. The first-order chi connectivity index (χ1) is 8.40. The number of aliphatic hydroxyl groups excluding tert-OH is 1. The molecule has 0 saturated carbocycles. The lowest BCUT2D eigenvalue weighted by Gasteiger charge is -2.10. The number of halogens is 4. The number of benzene rings is 1. The maximum Gasteiger partial charge on any atom is 0.142 e. The lowest BCUT2D eigenvalue weighted by atomic mass is 10.1. The van der Waals surface area contributed by atoms with Crippen molar-refractivity contribution in [2.45, 2.75) is 13.0 Å². The molecule has 0 radical (unpaired) electrons. The Hall–Kier alpha value is -0.490. The van der Waals surface area contributed by atoms with Crippen LogP contribution in [0, 0.1) is 18.6 Å². The zero-order valence-electron chi connectivity index (χ0n) is 9.18. The fourth-order valence-corrected chi connectivity index (χ4v) is 3.25. The zero-order chi connectivity index (χ0) is 13.4. The zero-order valence-corrected chi connectivity index (χ0v) is 12.3. The molecule has 1 aromatic carbocycles. The van der Waals surface area contributed by atoms with Gasteiger partial charge in [0.2, 0.25) is 0 Å². The minimum atomic E-state index is -1.20. The van der Waals surface area contributed by atoms with Gasteiger partial charge in [0.05, 0.1) is 8.81 Å². The van der Waals surface area contributed by atoms with E-state index in [1.54, 1.807) is 6.07 Å². The van der Waals surface area contributed by atoms with Crippen LogP contribution in [-0.2, 0) is 0 Å². The monoisotopic (exact) mass is 352 g/mol. The number of aliphatic hydroxyl groups is 1. The van der Waals surface area contributed by atoms with Gasteiger partial charge in [-0.25, -0.2) is 8.78 Å². The summed E-state index contributed by atoms with van der Waals surface area (Å²) in [5, 5.41) is 9.77. The first kappa shape index (κ1) is 13.9. The van der Waals surface area contributed by atoms with E-state index in [0.29, 0.717) is 4.88 Å². The van der Waals surface area contributed by atoms with Gasteiger partial charge < -0.3 is 5.11 Å². The van der Waals surface area contributed by atoms with Crippen molar-refractivity contribution in [3.05, 3.63) is 54.6 Å². The summed E-state index contributed by atoms with van der Waals surface area (Å²) in [6.45, 7) is 1.86. The van der Waals surface area contributed by atoms with E-state index in [4.69, 9.17) is 11.6 Å². The maximum absolute atomic E-state index is 13.7. The Kier molecular flexibility index (Phi) is 4.06. The van der Waals surface area contributed by atoms with Crippen LogP contribution in [0.25, 0.3) is 0 Å². The summed E-state index contributed by atoms with van der Waals surface area (Å²) < 4.78 is 27.8. The summed E-state index contributed by atoms with van der Waals surface area (Å²) >= 11 is 10.1. The maximum atomic E-state index is 13.7. The molecule has 1 atom stereocenters. The van der Waals surface area contributed by atoms with Gasteiger partial charge in [-0.3, -0.25) is 0 Å². The van der Waals surface area contributed by atoms with E-state index in [9.17, 15) is 13.9 Å². The molecular weight excluding hydrogens is 346 g/mol. The summed E-state index contributed by atoms with van der Waals surface area (Å²) in [5.41, 5.74) is 0.814. The summed E-state index contributed by atoms with van der Waals surface area (Å²) in [5.74, 6) is -1.48. The van der Waals surface area contributed by atoms with Gasteiger partial charge in [0, 0.05) is 10.4 Å². The minimum absolute atomic E-state index is 0.120. The molecule has 0 spiro atoms. The number of hydrogen-bond donors (Lipinski definition) is 1. The van der Waals surface area contributed by atoms with Gasteiger partial charge in [-0.05, 0) is 46.6 Å². The predicted octanol–water partition coefficient (Wildman–Crippen LogP) is 4.83. The van der Waals surface area contributed by atoms with E-state index >= 15 is 0 Å². The highest BCUT2D eigenvalue weighted by Crippen LogP contribution is 2.35. The van der Waals surface area contributed by atoms with Crippen molar-refractivity contribution >= 4 is 38.9 Å². The van der Waals surface area contributed by atoms with Crippen LogP contribution in [0.5, 0.6) is 0 Å². The Labute approximate surface area is 120 Å². The molecular formula is C12H8BrClF2OS. The number of hydrogen-bond acceptors (Lipinski definition) is 2. The van der Waals surface area contributed by atoms with E-state index in [1.807, 2.05) is 6.92 Å². The second-order valence-electron chi connectivity index (χ2n) is 3.80. The summed E-state index contributed by atoms with van der Waals surface area (Å²) in [6, 6.07) is 3.52. The molecule has 0 saturated heterocycles. The highest BCUT2D eigenvalue weighted by atomic mass is 79.9. The first-order valence-electron chi connectivity index (χ1n) is 4.98. The SMILES string of the molecule is Cc1cc(C(O)c2cc(F)c(Cl)cc2F)sc1Br. The standard InChI is InChI=1S/C12H8BrClF2OS/c1-5-2-10(18-12(5)13)11(17)6-3-9(16)7(14)4-8(6)15/h2-4,11,17H,1H3. The van der Waals surface area contributed by atoms with Crippen LogP contribution in [0.4, 0.5) is 8.78 Å². The molecule has 1 aromatic heterocycles. The third-order valence-electron chi connectivity index (χ3n) is 2.48. The summed E-state index contributed by atoms with van der Waals surface area (Å²) in [7, 11) is 0. The Balaban J connectivity index is 2.45. The molecule has 0 bridgehead atoms. The summed E-state index contributed by atoms with van der Waals surface area (Å²) in [4.78, 5) is 0.542. The van der Waals surface area contributed by atoms with Gasteiger partial charge in [0.15, 0.2) is 0 Å². The highest BCUT2D eigenvalue weighted by Gasteiger charge is 2.20. The molecule has 1 unspecified atom stereocenters. The lowest BCUT2D eigenvalue weighted by Crippen LogP contribution is -2.02.